The topological polar surface area (TPSA) is 85.1 Å². The number of sulfonamides is 1. The molecule has 0 saturated heterocycles. The van der Waals surface area contributed by atoms with Crippen molar-refractivity contribution in [1.29, 1.82) is 0 Å². The van der Waals surface area contributed by atoms with Gasteiger partial charge in [-0.25, -0.2) is 13.1 Å². The van der Waals surface area contributed by atoms with Crippen LogP contribution in [0.5, 0.6) is 0 Å². The van der Waals surface area contributed by atoms with Crippen molar-refractivity contribution in [3.8, 4) is 0 Å². The average molecular weight is 281 g/mol. The van der Waals surface area contributed by atoms with Crippen LogP contribution in [0.2, 0.25) is 0 Å². The SMILES string of the molecule is CS(=O)(=O)NCc1nc(CCc2ccccc2)no1. The van der Waals surface area contributed by atoms with Crippen molar-refractivity contribution >= 4 is 10.0 Å². The van der Waals surface area contributed by atoms with Crippen molar-refractivity contribution in [3.05, 3.63) is 47.6 Å². The highest BCUT2D eigenvalue weighted by molar-refractivity contribution is 7.88. The molecular weight excluding hydrogens is 266 g/mol. The minimum absolute atomic E-state index is 0.0250. The first-order valence-electron chi connectivity index (χ1n) is 5.83. The largest absolute Gasteiger partial charge is 0.338 e. The van der Waals surface area contributed by atoms with Gasteiger partial charge < -0.3 is 4.52 Å². The summed E-state index contributed by atoms with van der Waals surface area (Å²) in [4.78, 5) is 4.12. The fourth-order valence-corrected chi connectivity index (χ4v) is 1.94. The molecule has 0 atom stereocenters. The number of aryl methyl sites for hydroxylation is 2. The van der Waals surface area contributed by atoms with E-state index in [0.29, 0.717) is 12.2 Å². The molecule has 1 aromatic heterocycles. The molecule has 0 aliphatic carbocycles. The highest BCUT2D eigenvalue weighted by atomic mass is 32.2. The van der Waals surface area contributed by atoms with Crippen molar-refractivity contribution in [2.75, 3.05) is 6.26 Å². The van der Waals surface area contributed by atoms with Gasteiger partial charge in [-0.1, -0.05) is 35.5 Å². The zero-order valence-corrected chi connectivity index (χ0v) is 11.4. The lowest BCUT2D eigenvalue weighted by atomic mass is 10.1. The molecule has 0 unspecified atom stereocenters. The minimum atomic E-state index is -3.25. The lowest BCUT2D eigenvalue weighted by Gasteiger charge is -1.97. The van der Waals surface area contributed by atoms with Crippen LogP contribution in [-0.2, 0) is 29.4 Å². The Labute approximate surface area is 111 Å². The molecule has 0 aliphatic rings. The first kappa shape index (κ1) is 13.7. The van der Waals surface area contributed by atoms with Gasteiger partial charge in [-0.3, -0.25) is 0 Å². The summed E-state index contributed by atoms with van der Waals surface area (Å²) in [5.74, 6) is 0.850. The number of hydrogen-bond donors (Lipinski definition) is 1. The Morgan fingerprint density at radius 1 is 1.21 bits per heavy atom. The molecule has 2 aromatic rings. The normalized spacial score (nSPS) is 11.6. The molecule has 1 N–H and O–H groups in total. The van der Waals surface area contributed by atoms with Crippen LogP contribution in [0, 0.1) is 0 Å². The summed E-state index contributed by atoms with van der Waals surface area (Å²) >= 11 is 0. The third-order valence-corrected chi connectivity index (χ3v) is 3.14. The number of nitrogens with zero attached hydrogens (tertiary/aromatic N) is 2. The van der Waals surface area contributed by atoms with Gasteiger partial charge in [0.05, 0.1) is 12.8 Å². The first-order chi connectivity index (χ1) is 9.03. The van der Waals surface area contributed by atoms with E-state index >= 15 is 0 Å². The monoisotopic (exact) mass is 281 g/mol. The highest BCUT2D eigenvalue weighted by Gasteiger charge is 2.08. The van der Waals surface area contributed by atoms with E-state index in [1.807, 2.05) is 30.3 Å². The molecule has 6 nitrogen and oxygen atoms in total. The third-order valence-electron chi connectivity index (χ3n) is 2.48. The van der Waals surface area contributed by atoms with Crippen LogP contribution in [0.1, 0.15) is 17.3 Å². The van der Waals surface area contributed by atoms with Crippen molar-refractivity contribution in [2.24, 2.45) is 0 Å². The maximum Gasteiger partial charge on any atom is 0.241 e. The Hall–Kier alpha value is -1.73. The Morgan fingerprint density at radius 2 is 1.95 bits per heavy atom. The Balaban J connectivity index is 1.87. The van der Waals surface area contributed by atoms with Gasteiger partial charge in [-0.2, -0.15) is 4.98 Å². The van der Waals surface area contributed by atoms with E-state index in [4.69, 9.17) is 4.52 Å². The van der Waals surface area contributed by atoms with Crippen LogP contribution in [-0.4, -0.2) is 24.8 Å². The zero-order chi connectivity index (χ0) is 13.7. The quantitative estimate of drug-likeness (QED) is 0.850. The molecule has 1 heterocycles. The van der Waals surface area contributed by atoms with Crippen molar-refractivity contribution in [3.63, 3.8) is 0 Å². The second-order valence-electron chi connectivity index (χ2n) is 4.18. The van der Waals surface area contributed by atoms with Gasteiger partial charge in [0.25, 0.3) is 0 Å². The van der Waals surface area contributed by atoms with Crippen LogP contribution in [0.25, 0.3) is 0 Å². The molecule has 19 heavy (non-hydrogen) atoms. The molecule has 0 saturated carbocycles. The summed E-state index contributed by atoms with van der Waals surface area (Å²) in [6, 6.07) is 9.99. The van der Waals surface area contributed by atoms with E-state index in [1.54, 1.807) is 0 Å². The zero-order valence-electron chi connectivity index (χ0n) is 10.5. The molecule has 0 bridgehead atoms. The standard InChI is InChI=1S/C12H15N3O3S/c1-19(16,17)13-9-12-14-11(15-18-12)8-7-10-5-3-2-4-6-10/h2-6,13H,7-9H2,1H3. The summed E-state index contributed by atoms with van der Waals surface area (Å²) in [7, 11) is -3.25. The summed E-state index contributed by atoms with van der Waals surface area (Å²) in [5, 5.41) is 3.81. The lowest BCUT2D eigenvalue weighted by molar-refractivity contribution is 0.370. The second-order valence-corrected chi connectivity index (χ2v) is 6.02. The smallest absolute Gasteiger partial charge is 0.241 e. The fraction of sp³-hybridized carbons (Fsp3) is 0.333. The predicted molar refractivity (Wildman–Crippen MR) is 69.8 cm³/mol. The maximum atomic E-state index is 10.9. The van der Waals surface area contributed by atoms with E-state index in [2.05, 4.69) is 14.9 Å². The van der Waals surface area contributed by atoms with Crippen molar-refractivity contribution in [1.82, 2.24) is 14.9 Å². The van der Waals surface area contributed by atoms with E-state index in [0.717, 1.165) is 12.7 Å². The predicted octanol–water partition coefficient (Wildman–Crippen LogP) is 0.904. The number of rotatable bonds is 6. The molecule has 0 fully saturated rings. The van der Waals surface area contributed by atoms with E-state index in [-0.39, 0.29) is 12.4 Å². The van der Waals surface area contributed by atoms with Gasteiger partial charge >= 0.3 is 0 Å². The van der Waals surface area contributed by atoms with Gasteiger partial charge in [0.1, 0.15) is 0 Å². The molecule has 2 rings (SSSR count). The third kappa shape index (κ3) is 4.80. The van der Waals surface area contributed by atoms with Crippen LogP contribution in [0.15, 0.2) is 34.9 Å². The van der Waals surface area contributed by atoms with E-state index < -0.39 is 10.0 Å². The Morgan fingerprint density at radius 3 is 2.63 bits per heavy atom. The van der Waals surface area contributed by atoms with Gasteiger partial charge in [0.15, 0.2) is 5.82 Å². The van der Waals surface area contributed by atoms with Crippen molar-refractivity contribution in [2.45, 2.75) is 19.4 Å². The summed E-state index contributed by atoms with van der Waals surface area (Å²) in [6.07, 6.45) is 2.56. The summed E-state index contributed by atoms with van der Waals surface area (Å²) in [6.45, 7) is 0.0250. The van der Waals surface area contributed by atoms with E-state index in [1.165, 1.54) is 5.56 Å². The average Bonchev–Trinajstić information content (AvgIpc) is 2.82. The van der Waals surface area contributed by atoms with Crippen LogP contribution >= 0.6 is 0 Å². The number of nitrogens with one attached hydrogen (secondary N) is 1. The number of hydrogen-bond acceptors (Lipinski definition) is 5. The molecule has 7 heteroatoms. The summed E-state index contributed by atoms with van der Waals surface area (Å²) in [5.41, 5.74) is 1.20. The fourth-order valence-electron chi connectivity index (χ4n) is 1.56. The number of aromatic nitrogens is 2. The second kappa shape index (κ2) is 5.94. The molecule has 0 amide bonds. The van der Waals surface area contributed by atoms with Gasteiger partial charge in [0, 0.05) is 6.42 Å². The van der Waals surface area contributed by atoms with Gasteiger partial charge in [0.2, 0.25) is 15.9 Å². The summed E-state index contributed by atoms with van der Waals surface area (Å²) < 4.78 is 29.1. The van der Waals surface area contributed by atoms with Gasteiger partial charge in [-0.05, 0) is 12.0 Å². The lowest BCUT2D eigenvalue weighted by Crippen LogP contribution is -2.21. The van der Waals surface area contributed by atoms with Crippen LogP contribution in [0.3, 0.4) is 0 Å². The Bertz CT molecular complexity index is 623. The van der Waals surface area contributed by atoms with Crippen LogP contribution in [0.4, 0.5) is 0 Å². The van der Waals surface area contributed by atoms with Crippen molar-refractivity contribution < 1.29 is 12.9 Å². The molecule has 102 valence electrons. The minimum Gasteiger partial charge on any atom is -0.338 e. The molecular formula is C12H15N3O3S. The highest BCUT2D eigenvalue weighted by Crippen LogP contribution is 2.05. The van der Waals surface area contributed by atoms with Crippen LogP contribution < -0.4 is 4.72 Å². The molecule has 0 spiro atoms. The molecule has 1 aromatic carbocycles. The molecule has 0 radical (unpaired) electrons. The molecule has 0 aliphatic heterocycles. The first-order valence-corrected chi connectivity index (χ1v) is 7.72. The Kier molecular flexibility index (Phi) is 4.28. The van der Waals surface area contributed by atoms with Gasteiger partial charge in [-0.15, -0.1) is 0 Å². The maximum absolute atomic E-state index is 10.9. The van der Waals surface area contributed by atoms with E-state index in [9.17, 15) is 8.42 Å². The number of benzene rings is 1.